The maximum atomic E-state index is 10.0. The SMILES string of the molecule is CCC(C)(CC)C1OC(CO)C(O)C(O)C1O. The zero-order valence-electron chi connectivity index (χ0n) is 10.7. The molecule has 4 N–H and O–H groups in total. The van der Waals surface area contributed by atoms with Gasteiger partial charge in [0, 0.05) is 0 Å². The third-order valence-corrected chi connectivity index (χ3v) is 4.19. The van der Waals surface area contributed by atoms with Crippen molar-refractivity contribution < 1.29 is 25.2 Å². The van der Waals surface area contributed by atoms with Crippen LogP contribution in [0, 0.1) is 5.41 Å². The van der Waals surface area contributed by atoms with Crippen LogP contribution >= 0.6 is 0 Å². The molecule has 5 atom stereocenters. The van der Waals surface area contributed by atoms with Crippen molar-refractivity contribution in [3.8, 4) is 0 Å². The largest absolute Gasteiger partial charge is 0.394 e. The summed E-state index contributed by atoms with van der Waals surface area (Å²) in [4.78, 5) is 0. The van der Waals surface area contributed by atoms with Gasteiger partial charge in [-0.15, -0.1) is 0 Å². The van der Waals surface area contributed by atoms with Crippen molar-refractivity contribution in [1.29, 1.82) is 0 Å². The zero-order valence-corrected chi connectivity index (χ0v) is 10.7. The first-order valence-corrected chi connectivity index (χ1v) is 6.21. The molecule has 17 heavy (non-hydrogen) atoms. The Kier molecular flexibility index (Phi) is 4.92. The molecule has 0 spiro atoms. The van der Waals surface area contributed by atoms with Crippen molar-refractivity contribution in [1.82, 2.24) is 0 Å². The molecular formula is C12H24O5. The molecule has 0 saturated carbocycles. The topological polar surface area (TPSA) is 90.2 Å². The van der Waals surface area contributed by atoms with Crippen molar-refractivity contribution in [2.24, 2.45) is 5.41 Å². The van der Waals surface area contributed by atoms with E-state index in [1.807, 2.05) is 20.8 Å². The molecule has 0 radical (unpaired) electrons. The Labute approximate surface area is 102 Å². The molecule has 5 heteroatoms. The second-order valence-corrected chi connectivity index (χ2v) is 5.11. The molecule has 1 aliphatic rings. The van der Waals surface area contributed by atoms with Crippen molar-refractivity contribution in [2.75, 3.05) is 6.61 Å². The molecule has 0 bridgehead atoms. The quantitative estimate of drug-likeness (QED) is 0.546. The summed E-state index contributed by atoms with van der Waals surface area (Å²) in [5.74, 6) is 0. The summed E-state index contributed by atoms with van der Waals surface area (Å²) < 4.78 is 5.57. The normalized spacial score (nSPS) is 39.4. The van der Waals surface area contributed by atoms with E-state index in [1.165, 1.54) is 0 Å². The molecule has 102 valence electrons. The Hall–Kier alpha value is -0.200. The molecule has 0 aromatic rings. The smallest absolute Gasteiger partial charge is 0.111 e. The van der Waals surface area contributed by atoms with Crippen LogP contribution < -0.4 is 0 Å². The fraction of sp³-hybridized carbons (Fsp3) is 1.00. The number of aliphatic hydroxyl groups is 4. The number of rotatable bonds is 4. The van der Waals surface area contributed by atoms with E-state index in [-0.39, 0.29) is 12.0 Å². The highest BCUT2D eigenvalue weighted by Crippen LogP contribution is 2.38. The van der Waals surface area contributed by atoms with Crippen LogP contribution in [0.3, 0.4) is 0 Å². The molecule has 0 aromatic heterocycles. The average Bonchev–Trinajstić information content (AvgIpc) is 2.35. The molecule has 0 aliphatic carbocycles. The van der Waals surface area contributed by atoms with Crippen LogP contribution in [0.5, 0.6) is 0 Å². The standard InChI is InChI=1S/C12H24O5/c1-4-12(3,5-2)11-10(16)9(15)8(14)7(6-13)17-11/h7-11,13-16H,4-6H2,1-3H3. The molecule has 5 unspecified atom stereocenters. The molecule has 1 rings (SSSR count). The molecule has 0 amide bonds. The van der Waals surface area contributed by atoms with Crippen molar-refractivity contribution >= 4 is 0 Å². The second kappa shape index (κ2) is 5.63. The van der Waals surface area contributed by atoms with Gasteiger partial charge in [0.1, 0.15) is 24.4 Å². The summed E-state index contributed by atoms with van der Waals surface area (Å²) in [7, 11) is 0. The summed E-state index contributed by atoms with van der Waals surface area (Å²) in [6.45, 7) is 5.58. The predicted molar refractivity (Wildman–Crippen MR) is 62.5 cm³/mol. The van der Waals surface area contributed by atoms with Gasteiger partial charge in [0.2, 0.25) is 0 Å². The van der Waals surface area contributed by atoms with Crippen molar-refractivity contribution in [3.05, 3.63) is 0 Å². The molecule has 1 saturated heterocycles. The lowest BCUT2D eigenvalue weighted by atomic mass is 9.73. The lowest BCUT2D eigenvalue weighted by Crippen LogP contribution is -2.62. The van der Waals surface area contributed by atoms with Crippen LogP contribution in [0.4, 0.5) is 0 Å². The van der Waals surface area contributed by atoms with Gasteiger partial charge in [-0.1, -0.05) is 20.8 Å². The number of aliphatic hydroxyl groups excluding tert-OH is 4. The Morgan fingerprint density at radius 2 is 1.53 bits per heavy atom. The van der Waals surface area contributed by atoms with Gasteiger partial charge in [0.15, 0.2) is 0 Å². The van der Waals surface area contributed by atoms with Crippen LogP contribution in [-0.2, 0) is 4.74 Å². The Morgan fingerprint density at radius 3 is 1.94 bits per heavy atom. The zero-order chi connectivity index (χ0) is 13.2. The van der Waals surface area contributed by atoms with E-state index in [1.54, 1.807) is 0 Å². The van der Waals surface area contributed by atoms with Crippen LogP contribution in [0.25, 0.3) is 0 Å². The molecule has 1 heterocycles. The van der Waals surface area contributed by atoms with Crippen LogP contribution in [0.1, 0.15) is 33.6 Å². The Bertz CT molecular complexity index is 239. The van der Waals surface area contributed by atoms with Crippen LogP contribution in [0.15, 0.2) is 0 Å². The predicted octanol–water partition coefficient (Wildman–Crippen LogP) is -0.345. The molecule has 1 fully saturated rings. The van der Waals surface area contributed by atoms with Gasteiger partial charge in [-0.2, -0.15) is 0 Å². The Morgan fingerprint density at radius 1 is 1.00 bits per heavy atom. The summed E-state index contributed by atoms with van der Waals surface area (Å²) in [6, 6.07) is 0. The minimum Gasteiger partial charge on any atom is -0.394 e. The third-order valence-electron chi connectivity index (χ3n) is 4.19. The Balaban J connectivity index is 2.92. The van der Waals surface area contributed by atoms with Gasteiger partial charge in [-0.05, 0) is 18.3 Å². The van der Waals surface area contributed by atoms with Crippen LogP contribution in [0.2, 0.25) is 0 Å². The van der Waals surface area contributed by atoms with E-state index in [0.717, 1.165) is 12.8 Å². The van der Waals surface area contributed by atoms with Crippen molar-refractivity contribution in [2.45, 2.75) is 64.1 Å². The molecule has 1 aliphatic heterocycles. The minimum absolute atomic E-state index is 0.284. The van der Waals surface area contributed by atoms with E-state index >= 15 is 0 Å². The highest BCUT2D eigenvalue weighted by molar-refractivity contribution is 4.98. The lowest BCUT2D eigenvalue weighted by molar-refractivity contribution is -0.255. The first-order chi connectivity index (χ1) is 7.91. The molecular weight excluding hydrogens is 224 g/mol. The number of hydrogen-bond donors (Lipinski definition) is 4. The van der Waals surface area contributed by atoms with Gasteiger partial charge in [0.05, 0.1) is 12.7 Å². The maximum Gasteiger partial charge on any atom is 0.111 e. The highest BCUT2D eigenvalue weighted by Gasteiger charge is 2.49. The van der Waals surface area contributed by atoms with Crippen molar-refractivity contribution in [3.63, 3.8) is 0 Å². The first kappa shape index (κ1) is 14.9. The van der Waals surface area contributed by atoms with Gasteiger partial charge in [0.25, 0.3) is 0 Å². The van der Waals surface area contributed by atoms with Crippen LogP contribution in [-0.4, -0.2) is 57.6 Å². The highest BCUT2D eigenvalue weighted by atomic mass is 16.5. The van der Waals surface area contributed by atoms with Gasteiger partial charge < -0.3 is 25.2 Å². The van der Waals surface area contributed by atoms with Gasteiger partial charge in [-0.3, -0.25) is 0 Å². The van der Waals surface area contributed by atoms with E-state index in [4.69, 9.17) is 9.84 Å². The van der Waals surface area contributed by atoms with Gasteiger partial charge in [-0.25, -0.2) is 0 Å². The van der Waals surface area contributed by atoms with E-state index in [9.17, 15) is 15.3 Å². The monoisotopic (exact) mass is 248 g/mol. The molecule has 5 nitrogen and oxygen atoms in total. The lowest BCUT2D eigenvalue weighted by Gasteiger charge is -2.47. The summed E-state index contributed by atoms with van der Waals surface area (Å²) >= 11 is 0. The molecule has 0 aromatic carbocycles. The first-order valence-electron chi connectivity index (χ1n) is 6.21. The summed E-state index contributed by atoms with van der Waals surface area (Å²) in [5, 5.41) is 38.5. The van der Waals surface area contributed by atoms with E-state index in [0.29, 0.717) is 0 Å². The third kappa shape index (κ3) is 2.63. The summed E-state index contributed by atoms with van der Waals surface area (Å²) in [5.41, 5.74) is -0.284. The second-order valence-electron chi connectivity index (χ2n) is 5.11. The average molecular weight is 248 g/mol. The number of hydrogen-bond acceptors (Lipinski definition) is 5. The fourth-order valence-corrected chi connectivity index (χ4v) is 2.33. The summed E-state index contributed by atoms with van der Waals surface area (Å²) in [6.07, 6.45) is -3.49. The minimum atomic E-state index is -1.27. The van der Waals surface area contributed by atoms with E-state index in [2.05, 4.69) is 0 Å². The van der Waals surface area contributed by atoms with Gasteiger partial charge >= 0.3 is 0 Å². The van der Waals surface area contributed by atoms with E-state index < -0.39 is 30.5 Å². The maximum absolute atomic E-state index is 10.0. The number of ether oxygens (including phenoxy) is 1. The fourth-order valence-electron chi connectivity index (χ4n) is 2.33.